The minimum atomic E-state index is -0.352. The highest BCUT2D eigenvalue weighted by Gasteiger charge is 2.27. The summed E-state index contributed by atoms with van der Waals surface area (Å²) in [6.07, 6.45) is 6.03. The Hall–Kier alpha value is -1.84. The van der Waals surface area contributed by atoms with E-state index in [0.29, 0.717) is 11.6 Å². The molecule has 1 aromatic heterocycles. The van der Waals surface area contributed by atoms with Crippen LogP contribution >= 0.6 is 0 Å². The van der Waals surface area contributed by atoms with Crippen LogP contribution in [0.2, 0.25) is 0 Å². The molecule has 1 heterocycles. The average molecular weight is 232 g/mol. The molecule has 4 heteroatoms. The third-order valence-electron chi connectivity index (χ3n) is 3.02. The van der Waals surface area contributed by atoms with E-state index in [1.54, 1.807) is 12.3 Å². The average Bonchev–Trinajstić information content (AvgIpc) is 3.07. The lowest BCUT2D eigenvalue weighted by Gasteiger charge is -2.10. The molecule has 0 bridgehead atoms. The first-order valence-corrected chi connectivity index (χ1v) is 5.67. The minimum Gasteiger partial charge on any atom is -0.493 e. The Balaban J connectivity index is 2.14. The number of ether oxygens (including phenoxy) is 1. The zero-order valence-corrected chi connectivity index (χ0v) is 9.56. The molecular formula is C13H13FN2O. The number of rotatable bonds is 3. The van der Waals surface area contributed by atoms with Crippen LogP contribution in [-0.4, -0.2) is 16.7 Å². The molecule has 17 heavy (non-hydrogen) atoms. The fourth-order valence-corrected chi connectivity index (χ4v) is 2.06. The molecule has 0 aliphatic heterocycles. The summed E-state index contributed by atoms with van der Waals surface area (Å²) < 4.78 is 20.9. The Labute approximate surface area is 98.9 Å². The van der Waals surface area contributed by atoms with E-state index in [1.165, 1.54) is 26.0 Å². The summed E-state index contributed by atoms with van der Waals surface area (Å²) in [6.45, 7) is 0. The fourth-order valence-electron chi connectivity index (χ4n) is 2.06. The number of methoxy groups -OCH3 is 1. The van der Waals surface area contributed by atoms with Crippen LogP contribution in [0.15, 0.2) is 30.6 Å². The molecule has 1 aliphatic carbocycles. The summed E-state index contributed by atoms with van der Waals surface area (Å²) in [4.78, 5) is 4.31. The topological polar surface area (TPSA) is 27.1 Å². The maximum Gasteiger partial charge on any atom is 0.165 e. The number of benzene rings is 1. The van der Waals surface area contributed by atoms with Crippen LogP contribution in [0, 0.1) is 5.82 Å². The first-order valence-electron chi connectivity index (χ1n) is 5.67. The van der Waals surface area contributed by atoms with Gasteiger partial charge in [0.2, 0.25) is 0 Å². The van der Waals surface area contributed by atoms with E-state index in [4.69, 9.17) is 4.74 Å². The van der Waals surface area contributed by atoms with Crippen molar-refractivity contribution in [2.24, 2.45) is 0 Å². The predicted octanol–water partition coefficient (Wildman–Crippen LogP) is 3.03. The van der Waals surface area contributed by atoms with Crippen LogP contribution in [0.1, 0.15) is 18.9 Å². The number of hydrogen-bond acceptors (Lipinski definition) is 2. The van der Waals surface area contributed by atoms with Gasteiger partial charge in [0.25, 0.3) is 0 Å². The van der Waals surface area contributed by atoms with E-state index in [2.05, 4.69) is 9.55 Å². The molecule has 0 N–H and O–H groups in total. The Morgan fingerprint density at radius 1 is 1.41 bits per heavy atom. The van der Waals surface area contributed by atoms with Crippen molar-refractivity contribution in [2.75, 3.05) is 7.11 Å². The maximum atomic E-state index is 13.6. The van der Waals surface area contributed by atoms with Gasteiger partial charge in [-0.15, -0.1) is 0 Å². The van der Waals surface area contributed by atoms with Gasteiger partial charge in [-0.2, -0.15) is 0 Å². The molecule has 88 valence electrons. The van der Waals surface area contributed by atoms with E-state index < -0.39 is 0 Å². The number of aromatic nitrogens is 2. The molecule has 0 saturated heterocycles. The molecule has 0 unspecified atom stereocenters. The second-order valence-corrected chi connectivity index (χ2v) is 4.21. The Morgan fingerprint density at radius 3 is 2.94 bits per heavy atom. The van der Waals surface area contributed by atoms with Crippen molar-refractivity contribution in [3.05, 3.63) is 36.4 Å². The molecule has 0 radical (unpaired) electrons. The summed E-state index contributed by atoms with van der Waals surface area (Å²) in [7, 11) is 1.48. The zero-order valence-electron chi connectivity index (χ0n) is 9.56. The van der Waals surface area contributed by atoms with Gasteiger partial charge < -0.3 is 9.30 Å². The van der Waals surface area contributed by atoms with E-state index in [1.807, 2.05) is 12.3 Å². The largest absolute Gasteiger partial charge is 0.493 e. The Kier molecular flexibility index (Phi) is 2.35. The third kappa shape index (κ3) is 1.69. The molecule has 1 saturated carbocycles. The van der Waals surface area contributed by atoms with Crippen LogP contribution in [-0.2, 0) is 0 Å². The monoisotopic (exact) mass is 232 g/mol. The van der Waals surface area contributed by atoms with Crippen LogP contribution in [0.5, 0.6) is 5.75 Å². The van der Waals surface area contributed by atoms with E-state index in [9.17, 15) is 4.39 Å². The van der Waals surface area contributed by atoms with Crippen molar-refractivity contribution < 1.29 is 9.13 Å². The van der Waals surface area contributed by atoms with Gasteiger partial charge in [-0.05, 0) is 25.0 Å². The molecular weight excluding hydrogens is 219 g/mol. The predicted molar refractivity (Wildman–Crippen MR) is 62.4 cm³/mol. The minimum absolute atomic E-state index is 0.264. The van der Waals surface area contributed by atoms with Crippen molar-refractivity contribution in [3.63, 3.8) is 0 Å². The lowest BCUT2D eigenvalue weighted by atomic mass is 10.2. The van der Waals surface area contributed by atoms with Crippen molar-refractivity contribution in [1.82, 2.24) is 9.55 Å². The Morgan fingerprint density at radius 2 is 2.24 bits per heavy atom. The van der Waals surface area contributed by atoms with Gasteiger partial charge in [0.05, 0.1) is 12.7 Å². The lowest BCUT2D eigenvalue weighted by Crippen LogP contribution is -1.99. The second kappa shape index (κ2) is 3.87. The number of hydrogen-bond donors (Lipinski definition) is 0. The molecule has 1 fully saturated rings. The van der Waals surface area contributed by atoms with Crippen molar-refractivity contribution in [1.29, 1.82) is 0 Å². The Bertz CT molecular complexity index is 546. The number of halogens is 1. The smallest absolute Gasteiger partial charge is 0.165 e. The number of nitrogens with zero attached hydrogens (tertiary/aromatic N) is 2. The molecule has 1 aromatic carbocycles. The molecule has 2 aromatic rings. The van der Waals surface area contributed by atoms with Gasteiger partial charge in [0.15, 0.2) is 11.6 Å². The normalized spacial score (nSPS) is 14.9. The first kappa shape index (κ1) is 10.3. The van der Waals surface area contributed by atoms with Gasteiger partial charge in [-0.25, -0.2) is 9.37 Å². The SMILES string of the molecule is COc1c(F)cccc1-c1nccn1C1CC1. The summed E-state index contributed by atoms with van der Waals surface area (Å²) in [5.41, 5.74) is 0.712. The quantitative estimate of drug-likeness (QED) is 0.813. The molecule has 0 amide bonds. The van der Waals surface area contributed by atoms with Gasteiger partial charge >= 0.3 is 0 Å². The summed E-state index contributed by atoms with van der Waals surface area (Å²) >= 11 is 0. The van der Waals surface area contributed by atoms with Crippen LogP contribution in [0.25, 0.3) is 11.4 Å². The van der Waals surface area contributed by atoms with Crippen molar-refractivity contribution in [3.8, 4) is 17.1 Å². The lowest BCUT2D eigenvalue weighted by molar-refractivity contribution is 0.387. The van der Waals surface area contributed by atoms with Crippen LogP contribution in [0.4, 0.5) is 4.39 Å². The molecule has 1 aliphatic rings. The first-order chi connectivity index (χ1) is 8.31. The van der Waals surface area contributed by atoms with Gasteiger partial charge in [-0.1, -0.05) is 6.07 Å². The van der Waals surface area contributed by atoms with Gasteiger partial charge in [-0.3, -0.25) is 0 Å². The van der Waals surface area contributed by atoms with Crippen LogP contribution < -0.4 is 4.74 Å². The van der Waals surface area contributed by atoms with Crippen LogP contribution in [0.3, 0.4) is 0 Å². The highest BCUT2D eigenvalue weighted by atomic mass is 19.1. The van der Waals surface area contributed by atoms with E-state index in [0.717, 1.165) is 5.82 Å². The highest BCUT2D eigenvalue weighted by molar-refractivity contribution is 5.65. The van der Waals surface area contributed by atoms with Crippen molar-refractivity contribution >= 4 is 0 Å². The molecule has 3 nitrogen and oxygen atoms in total. The van der Waals surface area contributed by atoms with Gasteiger partial charge in [0.1, 0.15) is 5.82 Å². The summed E-state index contributed by atoms with van der Waals surface area (Å²) in [6, 6.07) is 5.43. The standard InChI is InChI=1S/C13H13FN2O/c1-17-12-10(3-2-4-11(12)14)13-15-7-8-16(13)9-5-6-9/h2-4,7-9H,5-6H2,1H3. The molecule has 0 spiro atoms. The third-order valence-corrected chi connectivity index (χ3v) is 3.02. The zero-order chi connectivity index (χ0) is 11.8. The van der Waals surface area contributed by atoms with E-state index >= 15 is 0 Å². The summed E-state index contributed by atoms with van der Waals surface area (Å²) in [5.74, 6) is 0.694. The highest BCUT2D eigenvalue weighted by Crippen LogP contribution is 2.40. The second-order valence-electron chi connectivity index (χ2n) is 4.21. The fraction of sp³-hybridized carbons (Fsp3) is 0.308. The van der Waals surface area contributed by atoms with Crippen molar-refractivity contribution in [2.45, 2.75) is 18.9 Å². The maximum absolute atomic E-state index is 13.6. The van der Waals surface area contributed by atoms with E-state index in [-0.39, 0.29) is 11.6 Å². The van der Waals surface area contributed by atoms with Gasteiger partial charge in [0, 0.05) is 18.4 Å². The molecule has 0 atom stereocenters. The molecule has 3 rings (SSSR count). The number of imidazole rings is 1. The summed E-state index contributed by atoms with van der Waals surface area (Å²) in [5, 5.41) is 0. The number of para-hydroxylation sites is 1.